The van der Waals surface area contributed by atoms with Gasteiger partial charge in [-0.05, 0) is 77.0 Å². The summed E-state index contributed by atoms with van der Waals surface area (Å²) in [6, 6.07) is 0. The molecule has 0 heterocycles. The van der Waals surface area contributed by atoms with Gasteiger partial charge in [-0.2, -0.15) is 0 Å². The smallest absolute Gasteiger partial charge is 0.457 e. The Bertz CT molecular complexity index is 1170. The van der Waals surface area contributed by atoms with Crippen LogP contribution in [0.2, 0.25) is 0 Å². The highest BCUT2D eigenvalue weighted by Gasteiger charge is 2.51. The van der Waals surface area contributed by atoms with Crippen molar-refractivity contribution in [3.8, 4) is 0 Å². The van der Waals surface area contributed by atoms with Crippen molar-refractivity contribution in [2.24, 2.45) is 0 Å². The lowest BCUT2D eigenvalue weighted by Gasteiger charge is -2.41. The summed E-state index contributed by atoms with van der Waals surface area (Å²) >= 11 is 0. The summed E-state index contributed by atoms with van der Waals surface area (Å²) in [5.74, 6) is -0.502. The number of aliphatic hydroxyl groups excluding tert-OH is 5. The zero-order chi connectivity index (χ0) is 42.0. The van der Waals surface area contributed by atoms with Crippen molar-refractivity contribution < 1.29 is 58.3 Å². The zero-order valence-corrected chi connectivity index (χ0v) is 35.8. The van der Waals surface area contributed by atoms with Crippen LogP contribution >= 0.6 is 7.82 Å². The largest absolute Gasteiger partial charge is 0.472 e. The number of hydrogen-bond donors (Lipinski definition) is 6. The number of ether oxygens (including phenoxy) is 2. The van der Waals surface area contributed by atoms with Crippen molar-refractivity contribution in [2.45, 2.75) is 191 Å². The summed E-state index contributed by atoms with van der Waals surface area (Å²) in [4.78, 5) is 23.1. The van der Waals surface area contributed by atoms with Crippen LogP contribution in [-0.4, -0.2) is 98.9 Å². The van der Waals surface area contributed by atoms with E-state index < -0.39 is 63.1 Å². The molecule has 1 aliphatic carbocycles. The number of hydrogen-bond acceptors (Lipinski definition) is 11. The van der Waals surface area contributed by atoms with Gasteiger partial charge in [0, 0.05) is 13.0 Å². The first-order valence-corrected chi connectivity index (χ1v) is 23.1. The van der Waals surface area contributed by atoms with Gasteiger partial charge in [0.2, 0.25) is 0 Å². The number of phosphoric ester groups is 1. The highest BCUT2D eigenvalue weighted by Crippen LogP contribution is 2.47. The van der Waals surface area contributed by atoms with Crippen molar-refractivity contribution in [1.29, 1.82) is 0 Å². The van der Waals surface area contributed by atoms with Crippen molar-refractivity contribution in [3.05, 3.63) is 60.8 Å². The Balaban J connectivity index is 2.46. The molecular weight excluding hydrogens is 751 g/mol. The van der Waals surface area contributed by atoms with E-state index in [0.29, 0.717) is 13.0 Å². The topological polar surface area (TPSA) is 192 Å². The van der Waals surface area contributed by atoms with Gasteiger partial charge in [-0.25, -0.2) is 4.57 Å². The van der Waals surface area contributed by atoms with E-state index in [4.69, 9.17) is 18.5 Å². The lowest BCUT2D eigenvalue weighted by atomic mass is 9.85. The van der Waals surface area contributed by atoms with Crippen molar-refractivity contribution in [3.63, 3.8) is 0 Å². The number of aliphatic hydroxyl groups is 5. The fraction of sp³-hybridized carbons (Fsp3) is 0.750. The summed E-state index contributed by atoms with van der Waals surface area (Å²) in [5.41, 5.74) is 0. The summed E-state index contributed by atoms with van der Waals surface area (Å²) < 4.78 is 34.1. The molecule has 6 atom stereocenters. The van der Waals surface area contributed by atoms with Gasteiger partial charge in [-0.15, -0.1) is 0 Å². The predicted molar refractivity (Wildman–Crippen MR) is 225 cm³/mol. The summed E-state index contributed by atoms with van der Waals surface area (Å²) in [6.07, 6.45) is 30.1. The van der Waals surface area contributed by atoms with Crippen LogP contribution in [0.5, 0.6) is 0 Å². The zero-order valence-electron chi connectivity index (χ0n) is 34.9. The second-order valence-electron chi connectivity index (χ2n) is 14.8. The van der Waals surface area contributed by atoms with E-state index >= 15 is 0 Å². The van der Waals surface area contributed by atoms with Crippen LogP contribution in [0.15, 0.2) is 60.8 Å². The van der Waals surface area contributed by atoms with Crippen LogP contribution < -0.4 is 0 Å². The molecule has 0 aromatic rings. The average Bonchev–Trinajstić information content (AvgIpc) is 3.19. The molecule has 1 aliphatic rings. The Hall–Kier alpha value is -1.96. The lowest BCUT2D eigenvalue weighted by Crippen LogP contribution is -2.64. The van der Waals surface area contributed by atoms with Gasteiger partial charge in [0.1, 0.15) is 42.7 Å². The van der Waals surface area contributed by atoms with Crippen LogP contribution in [0, 0.1) is 0 Å². The maximum Gasteiger partial charge on any atom is 0.472 e. The number of rotatable bonds is 35. The molecule has 6 N–H and O–H groups in total. The van der Waals surface area contributed by atoms with Crippen molar-refractivity contribution in [2.75, 3.05) is 19.8 Å². The maximum absolute atomic E-state index is 12.8. The van der Waals surface area contributed by atoms with E-state index in [0.717, 1.165) is 96.3 Å². The molecular formula is C44H77O12P. The van der Waals surface area contributed by atoms with Crippen LogP contribution in [0.3, 0.4) is 0 Å². The van der Waals surface area contributed by atoms with E-state index in [1.54, 1.807) is 0 Å². The molecule has 0 aliphatic heterocycles. The van der Waals surface area contributed by atoms with E-state index in [1.807, 2.05) is 0 Å². The molecule has 1 saturated carbocycles. The highest BCUT2D eigenvalue weighted by molar-refractivity contribution is 7.47. The van der Waals surface area contributed by atoms with Crippen molar-refractivity contribution in [1.82, 2.24) is 0 Å². The molecule has 0 saturated heterocycles. The average molecular weight is 829 g/mol. The fourth-order valence-corrected chi connectivity index (χ4v) is 7.14. The minimum Gasteiger partial charge on any atom is -0.457 e. The van der Waals surface area contributed by atoms with Gasteiger partial charge < -0.3 is 39.9 Å². The van der Waals surface area contributed by atoms with E-state index in [2.05, 4.69) is 74.6 Å². The maximum atomic E-state index is 12.8. The van der Waals surface area contributed by atoms with E-state index in [1.165, 1.54) is 25.7 Å². The molecule has 0 bridgehead atoms. The Morgan fingerprint density at radius 3 is 1.58 bits per heavy atom. The monoisotopic (exact) mass is 829 g/mol. The Morgan fingerprint density at radius 1 is 0.579 bits per heavy atom. The van der Waals surface area contributed by atoms with Gasteiger partial charge in [0.15, 0.2) is 0 Å². The van der Waals surface area contributed by atoms with Gasteiger partial charge in [-0.3, -0.25) is 13.8 Å². The van der Waals surface area contributed by atoms with E-state index in [9.17, 15) is 39.8 Å². The third-order valence-corrected chi connectivity index (χ3v) is 10.6. The second-order valence-corrected chi connectivity index (χ2v) is 16.2. The van der Waals surface area contributed by atoms with Crippen LogP contribution in [-0.2, 0) is 27.9 Å². The summed E-state index contributed by atoms with van der Waals surface area (Å²) in [7, 11) is -5.03. The first-order chi connectivity index (χ1) is 27.5. The Kier molecular flexibility index (Phi) is 32.4. The number of carbonyl (C=O) groups excluding carboxylic acids is 1. The molecule has 1 fully saturated rings. The van der Waals surface area contributed by atoms with Crippen molar-refractivity contribution >= 4 is 13.8 Å². The number of unbranched alkanes of at least 4 members (excludes halogenated alkanes) is 13. The molecule has 0 amide bonds. The first-order valence-electron chi connectivity index (χ1n) is 21.6. The molecule has 330 valence electrons. The minimum atomic E-state index is -5.03. The summed E-state index contributed by atoms with van der Waals surface area (Å²) in [5, 5.41) is 50.1. The van der Waals surface area contributed by atoms with Gasteiger partial charge in [0.05, 0.1) is 13.2 Å². The molecule has 6 unspecified atom stereocenters. The van der Waals surface area contributed by atoms with Gasteiger partial charge in [0.25, 0.3) is 0 Å². The molecule has 0 radical (unpaired) electrons. The molecule has 0 aromatic carbocycles. The Labute approximate surface area is 343 Å². The minimum absolute atomic E-state index is 0.100. The molecule has 13 heteroatoms. The highest BCUT2D eigenvalue weighted by atomic mass is 31.2. The third-order valence-electron chi connectivity index (χ3n) is 9.62. The third kappa shape index (κ3) is 27.4. The van der Waals surface area contributed by atoms with Gasteiger partial charge >= 0.3 is 13.8 Å². The predicted octanol–water partition coefficient (Wildman–Crippen LogP) is 8.25. The molecule has 0 aromatic heterocycles. The molecule has 12 nitrogen and oxygen atoms in total. The SMILES string of the molecule is CC/C=C\C/C=C\C/C=C\CCCCCCOCC(COP(=O)(O)OC1C(O)C(O)C(O)C(O)C1O)OC(=O)CCCCCCC/C=C\C/C=C\CCCCCC. The molecule has 57 heavy (non-hydrogen) atoms. The van der Waals surface area contributed by atoms with Crippen LogP contribution in [0.4, 0.5) is 0 Å². The number of carbonyl (C=O) groups is 1. The second kappa shape index (κ2) is 34.9. The number of phosphoric acid groups is 1. The van der Waals surface area contributed by atoms with E-state index in [-0.39, 0.29) is 13.0 Å². The summed E-state index contributed by atoms with van der Waals surface area (Å²) in [6.45, 7) is 4.04. The molecule has 0 spiro atoms. The number of esters is 1. The number of allylic oxidation sites excluding steroid dienone is 10. The quantitative estimate of drug-likeness (QED) is 0.0155. The van der Waals surface area contributed by atoms with Crippen LogP contribution in [0.1, 0.15) is 149 Å². The lowest BCUT2D eigenvalue weighted by molar-refractivity contribution is -0.220. The van der Waals surface area contributed by atoms with Crippen LogP contribution in [0.25, 0.3) is 0 Å². The normalized spacial score (nSPS) is 23.4. The standard InChI is InChI=1S/C44H77O12P/c1-3-5-7-9-11-13-15-17-19-20-21-23-25-27-29-31-33-38(45)55-37(35-53-34-32-30-28-26-24-22-18-16-14-12-10-8-6-4-2)36-54-57(51,52)56-44-42(49)40(47)39(46)41(48)43(44)50/h6,8,12-15,18-20,22,37,39-44,46-50H,3-5,7,9-11,16-17,21,23-36H2,1-2H3,(H,51,52)/b8-6-,14-12-,15-13-,20-19-,22-18-. The fourth-order valence-electron chi connectivity index (χ4n) is 6.16. The van der Waals surface area contributed by atoms with Gasteiger partial charge in [-0.1, -0.05) is 126 Å². The Morgan fingerprint density at radius 2 is 1.04 bits per heavy atom. The molecule has 1 rings (SSSR count). The first kappa shape index (κ1) is 53.1.